The number of rotatable bonds is 5. The maximum Gasteiger partial charge on any atom is 0.0390 e. The van der Waals surface area contributed by atoms with Crippen molar-refractivity contribution in [2.45, 2.75) is 38.6 Å². The molecule has 0 bridgehead atoms. The lowest BCUT2D eigenvalue weighted by molar-refractivity contribution is 0.263. The van der Waals surface area contributed by atoms with Crippen LogP contribution in [0.4, 0.5) is 0 Å². The van der Waals surface area contributed by atoms with Crippen molar-refractivity contribution in [3.63, 3.8) is 0 Å². The third kappa shape index (κ3) is 2.32. The molecule has 0 spiro atoms. The van der Waals surface area contributed by atoms with Crippen LogP contribution in [0.25, 0.3) is 10.1 Å². The Bertz CT molecular complexity index is 513. The highest BCUT2D eigenvalue weighted by Gasteiger charge is 2.23. The molecule has 3 rings (SSSR count). The molecule has 2 heteroatoms. The zero-order valence-electron chi connectivity index (χ0n) is 11.0. The van der Waals surface area contributed by atoms with Crippen molar-refractivity contribution in [2.24, 2.45) is 5.92 Å². The van der Waals surface area contributed by atoms with Crippen LogP contribution in [0.2, 0.25) is 0 Å². The van der Waals surface area contributed by atoms with E-state index in [0.717, 1.165) is 12.5 Å². The number of thiophene rings is 1. The Balaban J connectivity index is 1.89. The van der Waals surface area contributed by atoms with Crippen molar-refractivity contribution in [2.75, 3.05) is 6.54 Å². The monoisotopic (exact) mass is 259 g/mol. The Morgan fingerprint density at radius 2 is 2.22 bits per heavy atom. The lowest BCUT2D eigenvalue weighted by Crippen LogP contribution is -2.25. The Morgan fingerprint density at radius 1 is 1.33 bits per heavy atom. The van der Waals surface area contributed by atoms with E-state index in [2.05, 4.69) is 41.9 Å². The number of benzene rings is 1. The van der Waals surface area contributed by atoms with Gasteiger partial charge in [-0.1, -0.05) is 44.4 Å². The summed E-state index contributed by atoms with van der Waals surface area (Å²) in [4.78, 5) is 0. The molecule has 1 atom stereocenters. The highest BCUT2D eigenvalue weighted by molar-refractivity contribution is 7.17. The van der Waals surface area contributed by atoms with Crippen LogP contribution in [0, 0.1) is 5.92 Å². The summed E-state index contributed by atoms with van der Waals surface area (Å²) in [6.07, 6.45) is 5.61. The van der Waals surface area contributed by atoms with Gasteiger partial charge in [0.15, 0.2) is 0 Å². The average Bonchev–Trinajstić information content (AvgIpc) is 2.80. The molecule has 1 aliphatic rings. The zero-order chi connectivity index (χ0) is 12.4. The van der Waals surface area contributed by atoms with Gasteiger partial charge in [0.2, 0.25) is 0 Å². The van der Waals surface area contributed by atoms with Gasteiger partial charge in [0.1, 0.15) is 0 Å². The third-order valence-electron chi connectivity index (χ3n) is 4.13. The van der Waals surface area contributed by atoms with Gasteiger partial charge in [-0.05, 0) is 41.3 Å². The Morgan fingerprint density at radius 3 is 2.94 bits per heavy atom. The van der Waals surface area contributed by atoms with Gasteiger partial charge < -0.3 is 5.32 Å². The molecule has 1 N–H and O–H groups in total. The van der Waals surface area contributed by atoms with Crippen LogP contribution in [0.1, 0.15) is 44.2 Å². The topological polar surface area (TPSA) is 12.0 Å². The summed E-state index contributed by atoms with van der Waals surface area (Å²) in [6.45, 7) is 3.27. The molecule has 1 unspecified atom stereocenters. The third-order valence-corrected chi connectivity index (χ3v) is 5.11. The lowest BCUT2D eigenvalue weighted by atomic mass is 9.79. The summed E-state index contributed by atoms with van der Waals surface area (Å²) in [5, 5.41) is 7.29. The van der Waals surface area contributed by atoms with E-state index < -0.39 is 0 Å². The largest absolute Gasteiger partial charge is 0.310 e. The molecular weight excluding hydrogens is 238 g/mol. The van der Waals surface area contributed by atoms with Crippen LogP contribution in [0.5, 0.6) is 0 Å². The summed E-state index contributed by atoms with van der Waals surface area (Å²) >= 11 is 1.88. The van der Waals surface area contributed by atoms with Crippen molar-refractivity contribution < 1.29 is 0 Å². The number of nitrogens with one attached hydrogen (secondary N) is 1. The molecule has 1 heterocycles. The predicted molar refractivity (Wildman–Crippen MR) is 80.2 cm³/mol. The summed E-state index contributed by atoms with van der Waals surface area (Å²) in [6, 6.07) is 9.51. The highest BCUT2D eigenvalue weighted by Crippen LogP contribution is 2.37. The predicted octanol–water partition coefficient (Wildman–Crippen LogP) is 4.74. The van der Waals surface area contributed by atoms with E-state index in [9.17, 15) is 0 Å². The SMILES string of the molecule is CCNC(CC1CCC1)c1cccc2ccsc12. The molecule has 1 nitrogen and oxygen atoms in total. The maximum absolute atomic E-state index is 3.69. The second kappa shape index (κ2) is 5.41. The Kier molecular flexibility index (Phi) is 3.67. The normalized spacial score (nSPS) is 17.8. The molecule has 1 fully saturated rings. The molecular formula is C16H21NS. The van der Waals surface area contributed by atoms with E-state index in [0.29, 0.717) is 6.04 Å². The Labute approximate surface area is 113 Å². The van der Waals surface area contributed by atoms with E-state index in [1.54, 1.807) is 0 Å². The van der Waals surface area contributed by atoms with Gasteiger partial charge in [0.25, 0.3) is 0 Å². The standard InChI is InChI=1S/C16H21NS/c1-2-17-15(11-12-5-3-6-12)14-8-4-7-13-9-10-18-16(13)14/h4,7-10,12,15,17H,2-3,5-6,11H2,1H3. The molecule has 1 aliphatic carbocycles. The summed E-state index contributed by atoms with van der Waals surface area (Å²) in [5.74, 6) is 0.948. The van der Waals surface area contributed by atoms with E-state index in [1.165, 1.54) is 41.3 Å². The van der Waals surface area contributed by atoms with Gasteiger partial charge in [-0.2, -0.15) is 0 Å². The quantitative estimate of drug-likeness (QED) is 0.817. The second-order valence-corrected chi connectivity index (χ2v) is 6.25. The van der Waals surface area contributed by atoms with E-state index in [-0.39, 0.29) is 0 Å². The first-order valence-corrected chi connectivity index (χ1v) is 7.96. The number of hydrogen-bond acceptors (Lipinski definition) is 2. The number of fused-ring (bicyclic) bond motifs is 1. The molecule has 0 amide bonds. The van der Waals surface area contributed by atoms with Gasteiger partial charge in [0.05, 0.1) is 0 Å². The lowest BCUT2D eigenvalue weighted by Gasteiger charge is -2.30. The maximum atomic E-state index is 3.69. The van der Waals surface area contributed by atoms with Crippen molar-refractivity contribution in [1.29, 1.82) is 0 Å². The van der Waals surface area contributed by atoms with Crippen molar-refractivity contribution >= 4 is 21.4 Å². The zero-order valence-corrected chi connectivity index (χ0v) is 11.8. The van der Waals surface area contributed by atoms with E-state index in [1.807, 2.05) is 11.3 Å². The van der Waals surface area contributed by atoms with Crippen LogP contribution in [0.3, 0.4) is 0 Å². The van der Waals surface area contributed by atoms with Crippen molar-refractivity contribution in [1.82, 2.24) is 5.32 Å². The smallest absolute Gasteiger partial charge is 0.0390 e. The highest BCUT2D eigenvalue weighted by atomic mass is 32.1. The van der Waals surface area contributed by atoms with E-state index >= 15 is 0 Å². The van der Waals surface area contributed by atoms with Gasteiger partial charge in [-0.3, -0.25) is 0 Å². The first-order chi connectivity index (χ1) is 8.88. The van der Waals surface area contributed by atoms with Crippen LogP contribution >= 0.6 is 11.3 Å². The van der Waals surface area contributed by atoms with Crippen molar-refractivity contribution in [3.05, 3.63) is 35.2 Å². The average molecular weight is 259 g/mol. The summed E-state index contributed by atoms with van der Waals surface area (Å²) in [5.41, 5.74) is 1.51. The minimum atomic E-state index is 0.544. The molecule has 0 aliphatic heterocycles. The van der Waals surface area contributed by atoms with Gasteiger partial charge in [0, 0.05) is 10.7 Å². The van der Waals surface area contributed by atoms with Gasteiger partial charge in [-0.25, -0.2) is 0 Å². The van der Waals surface area contributed by atoms with Gasteiger partial charge >= 0.3 is 0 Å². The molecule has 0 saturated heterocycles. The minimum absolute atomic E-state index is 0.544. The van der Waals surface area contributed by atoms with Crippen LogP contribution < -0.4 is 5.32 Å². The number of hydrogen-bond donors (Lipinski definition) is 1. The molecule has 18 heavy (non-hydrogen) atoms. The fraction of sp³-hybridized carbons (Fsp3) is 0.500. The fourth-order valence-corrected chi connectivity index (χ4v) is 3.89. The summed E-state index contributed by atoms with van der Waals surface area (Å²) < 4.78 is 1.47. The first-order valence-electron chi connectivity index (χ1n) is 7.08. The minimum Gasteiger partial charge on any atom is -0.310 e. The first kappa shape index (κ1) is 12.2. The van der Waals surface area contributed by atoms with E-state index in [4.69, 9.17) is 0 Å². The summed E-state index contributed by atoms with van der Waals surface area (Å²) in [7, 11) is 0. The van der Waals surface area contributed by atoms with Crippen molar-refractivity contribution in [3.8, 4) is 0 Å². The molecule has 0 radical (unpaired) electrons. The van der Waals surface area contributed by atoms with Crippen LogP contribution in [0.15, 0.2) is 29.6 Å². The molecule has 1 aromatic heterocycles. The van der Waals surface area contributed by atoms with Gasteiger partial charge in [-0.15, -0.1) is 11.3 Å². The molecule has 2 aromatic rings. The van der Waals surface area contributed by atoms with Crippen LogP contribution in [-0.4, -0.2) is 6.54 Å². The Hall–Kier alpha value is -0.860. The molecule has 1 saturated carbocycles. The fourth-order valence-electron chi connectivity index (χ4n) is 2.92. The molecule has 96 valence electrons. The van der Waals surface area contributed by atoms with Crippen LogP contribution in [-0.2, 0) is 0 Å². The molecule has 1 aromatic carbocycles. The second-order valence-electron chi connectivity index (χ2n) is 5.33.